The molecular formula is C24H34N4O2S. The molecule has 3 aliphatic rings. The molecule has 2 aromatic rings. The molecule has 168 valence electrons. The summed E-state index contributed by atoms with van der Waals surface area (Å²) >= 11 is 1.67. The molecule has 0 bridgehead atoms. The number of carbonyl (C=O) groups is 2. The number of carbonyl (C=O) groups excluding carboxylic acids is 2. The number of fused-ring (bicyclic) bond motifs is 1. The average Bonchev–Trinajstić information content (AvgIpc) is 3.42. The van der Waals surface area contributed by atoms with Crippen molar-refractivity contribution in [2.24, 2.45) is 13.0 Å². The van der Waals surface area contributed by atoms with Gasteiger partial charge >= 0.3 is 0 Å². The molecule has 7 heteroatoms. The third-order valence-corrected chi connectivity index (χ3v) is 8.58. The van der Waals surface area contributed by atoms with Crippen LogP contribution in [0, 0.1) is 5.92 Å². The lowest BCUT2D eigenvalue weighted by Gasteiger charge is -2.42. The van der Waals surface area contributed by atoms with Gasteiger partial charge in [0.1, 0.15) is 5.69 Å². The number of hydrogen-bond acceptors (Lipinski definition) is 4. The van der Waals surface area contributed by atoms with Crippen LogP contribution in [-0.2, 0) is 11.8 Å². The molecule has 4 heterocycles. The SMILES string of the molecule is Cn1c(C(=O)N2CCC(C(=O)N3CCN(C4CCCCC4)CC3)CC2)cc2sccc21. The van der Waals surface area contributed by atoms with E-state index >= 15 is 0 Å². The van der Waals surface area contributed by atoms with Crippen LogP contribution in [0.1, 0.15) is 55.4 Å². The molecule has 0 N–H and O–H groups in total. The first-order valence-corrected chi connectivity index (χ1v) is 12.8. The summed E-state index contributed by atoms with van der Waals surface area (Å²) in [5.74, 6) is 0.481. The predicted molar refractivity (Wildman–Crippen MR) is 124 cm³/mol. The van der Waals surface area contributed by atoms with E-state index in [-0.39, 0.29) is 11.8 Å². The molecule has 2 amide bonds. The van der Waals surface area contributed by atoms with Crippen molar-refractivity contribution in [3.8, 4) is 0 Å². The third-order valence-electron chi connectivity index (χ3n) is 7.73. The Morgan fingerprint density at radius 3 is 2.29 bits per heavy atom. The Morgan fingerprint density at radius 2 is 1.61 bits per heavy atom. The largest absolute Gasteiger partial charge is 0.340 e. The normalized spacial score (nSPS) is 22.4. The van der Waals surface area contributed by atoms with Gasteiger partial charge in [0.25, 0.3) is 5.91 Å². The molecule has 2 aliphatic heterocycles. The first kappa shape index (κ1) is 21.0. The van der Waals surface area contributed by atoms with E-state index in [2.05, 4.69) is 21.2 Å². The molecular weight excluding hydrogens is 408 g/mol. The van der Waals surface area contributed by atoms with Gasteiger partial charge in [-0.2, -0.15) is 0 Å². The number of hydrogen-bond donors (Lipinski definition) is 0. The maximum absolute atomic E-state index is 13.1. The van der Waals surface area contributed by atoms with Crippen molar-refractivity contribution in [3.05, 3.63) is 23.2 Å². The van der Waals surface area contributed by atoms with Gasteiger partial charge in [-0.3, -0.25) is 14.5 Å². The van der Waals surface area contributed by atoms with Crippen LogP contribution in [0.5, 0.6) is 0 Å². The summed E-state index contributed by atoms with van der Waals surface area (Å²) < 4.78 is 3.15. The minimum Gasteiger partial charge on any atom is -0.340 e. The zero-order valence-corrected chi connectivity index (χ0v) is 19.4. The van der Waals surface area contributed by atoms with E-state index in [0.717, 1.165) is 61.0 Å². The van der Waals surface area contributed by atoms with Gasteiger partial charge in [-0.15, -0.1) is 11.3 Å². The standard InChI is InChI=1S/C24H34N4O2S/c1-25-20-9-16-31-22(20)17-21(25)24(30)27-10-7-18(8-11-27)23(29)28-14-12-26(13-15-28)19-5-3-2-4-6-19/h9,16-19H,2-8,10-15H2,1H3. The summed E-state index contributed by atoms with van der Waals surface area (Å²) in [4.78, 5) is 32.8. The van der Waals surface area contributed by atoms with Crippen molar-refractivity contribution in [3.63, 3.8) is 0 Å². The minimum atomic E-state index is 0.0715. The van der Waals surface area contributed by atoms with Gasteiger partial charge in [-0.05, 0) is 43.2 Å². The summed E-state index contributed by atoms with van der Waals surface area (Å²) in [5, 5.41) is 2.06. The molecule has 0 radical (unpaired) electrons. The van der Waals surface area contributed by atoms with E-state index in [1.165, 1.54) is 32.1 Å². The molecule has 0 spiro atoms. The van der Waals surface area contributed by atoms with Crippen molar-refractivity contribution >= 4 is 33.4 Å². The van der Waals surface area contributed by atoms with Gasteiger partial charge in [-0.1, -0.05) is 19.3 Å². The monoisotopic (exact) mass is 442 g/mol. The summed E-state index contributed by atoms with van der Waals surface area (Å²) in [6.07, 6.45) is 8.35. The average molecular weight is 443 g/mol. The van der Waals surface area contributed by atoms with Crippen molar-refractivity contribution < 1.29 is 9.59 Å². The zero-order valence-electron chi connectivity index (χ0n) is 18.6. The smallest absolute Gasteiger partial charge is 0.270 e. The van der Waals surface area contributed by atoms with Crippen LogP contribution in [-0.4, -0.2) is 76.4 Å². The minimum absolute atomic E-state index is 0.0715. The Balaban J connectivity index is 1.12. The van der Waals surface area contributed by atoms with Crippen LogP contribution in [0.4, 0.5) is 0 Å². The van der Waals surface area contributed by atoms with Crippen LogP contribution in [0.25, 0.3) is 10.2 Å². The Labute approximate surface area is 188 Å². The number of thiophene rings is 1. The summed E-state index contributed by atoms with van der Waals surface area (Å²) in [7, 11) is 1.96. The van der Waals surface area contributed by atoms with Crippen LogP contribution in [0.3, 0.4) is 0 Å². The van der Waals surface area contributed by atoms with E-state index in [4.69, 9.17) is 0 Å². The van der Waals surface area contributed by atoms with Crippen LogP contribution < -0.4 is 0 Å². The van der Waals surface area contributed by atoms with E-state index in [1.54, 1.807) is 11.3 Å². The number of aromatic nitrogens is 1. The highest BCUT2D eigenvalue weighted by Gasteiger charge is 2.33. The molecule has 2 saturated heterocycles. The van der Waals surface area contributed by atoms with Gasteiger partial charge in [0.05, 0.1) is 10.2 Å². The Kier molecular flexibility index (Phi) is 6.06. The van der Waals surface area contributed by atoms with Gasteiger partial charge in [-0.25, -0.2) is 0 Å². The fraction of sp³-hybridized carbons (Fsp3) is 0.667. The molecule has 1 aliphatic carbocycles. The number of piperazine rings is 1. The number of likely N-dealkylation sites (tertiary alicyclic amines) is 1. The Morgan fingerprint density at radius 1 is 0.903 bits per heavy atom. The lowest BCUT2D eigenvalue weighted by Crippen LogP contribution is -2.54. The molecule has 0 aromatic carbocycles. The van der Waals surface area contributed by atoms with Gasteiger partial charge in [0.2, 0.25) is 5.91 Å². The second-order valence-corrected chi connectivity index (χ2v) is 10.4. The van der Waals surface area contributed by atoms with E-state index in [1.807, 2.05) is 22.6 Å². The second-order valence-electron chi connectivity index (χ2n) is 9.48. The number of amides is 2. The molecule has 3 fully saturated rings. The Bertz CT molecular complexity index is 929. The maximum atomic E-state index is 13.1. The van der Waals surface area contributed by atoms with E-state index in [9.17, 15) is 9.59 Å². The highest BCUT2D eigenvalue weighted by Crippen LogP contribution is 2.28. The van der Waals surface area contributed by atoms with Crippen molar-refractivity contribution in [2.45, 2.75) is 51.0 Å². The van der Waals surface area contributed by atoms with Crippen LogP contribution in [0.2, 0.25) is 0 Å². The predicted octanol–water partition coefficient (Wildman–Crippen LogP) is 3.57. The second kappa shape index (κ2) is 8.94. The highest BCUT2D eigenvalue weighted by molar-refractivity contribution is 7.17. The van der Waals surface area contributed by atoms with Crippen LogP contribution >= 0.6 is 11.3 Å². The molecule has 31 heavy (non-hydrogen) atoms. The van der Waals surface area contributed by atoms with Gasteiger partial charge < -0.3 is 14.4 Å². The number of nitrogens with zero attached hydrogens (tertiary/aromatic N) is 4. The Hall–Kier alpha value is -1.86. The number of rotatable bonds is 3. The van der Waals surface area contributed by atoms with Gasteiger partial charge in [0.15, 0.2) is 0 Å². The lowest BCUT2D eigenvalue weighted by molar-refractivity contribution is -0.139. The fourth-order valence-electron chi connectivity index (χ4n) is 5.76. The zero-order chi connectivity index (χ0) is 21.4. The molecule has 5 rings (SSSR count). The van der Waals surface area contributed by atoms with Crippen LogP contribution in [0.15, 0.2) is 17.5 Å². The van der Waals surface area contributed by atoms with Gasteiger partial charge in [0, 0.05) is 58.3 Å². The first-order chi connectivity index (χ1) is 15.1. The van der Waals surface area contributed by atoms with E-state index < -0.39 is 0 Å². The fourth-order valence-corrected chi connectivity index (χ4v) is 6.61. The molecule has 1 saturated carbocycles. The summed E-state index contributed by atoms with van der Waals surface area (Å²) in [6, 6.07) is 4.81. The molecule has 2 aromatic heterocycles. The summed E-state index contributed by atoms with van der Waals surface area (Å²) in [5.41, 5.74) is 1.87. The molecule has 6 nitrogen and oxygen atoms in total. The lowest BCUT2D eigenvalue weighted by atomic mass is 9.93. The van der Waals surface area contributed by atoms with E-state index in [0.29, 0.717) is 19.0 Å². The summed E-state index contributed by atoms with van der Waals surface area (Å²) in [6.45, 7) is 5.14. The van der Waals surface area contributed by atoms with Crippen molar-refractivity contribution in [1.29, 1.82) is 0 Å². The topological polar surface area (TPSA) is 48.8 Å². The number of aryl methyl sites for hydroxylation is 1. The first-order valence-electron chi connectivity index (χ1n) is 12.0. The quantitative estimate of drug-likeness (QED) is 0.730. The molecule has 0 atom stereocenters. The maximum Gasteiger partial charge on any atom is 0.270 e. The van der Waals surface area contributed by atoms with Crippen molar-refractivity contribution in [1.82, 2.24) is 19.3 Å². The third kappa shape index (κ3) is 4.14. The number of piperidine rings is 1. The van der Waals surface area contributed by atoms with Crippen molar-refractivity contribution in [2.75, 3.05) is 39.3 Å². The molecule has 0 unspecified atom stereocenters. The highest BCUT2D eigenvalue weighted by atomic mass is 32.1.